The zero-order chi connectivity index (χ0) is 22.7. The first-order chi connectivity index (χ1) is 15.5. The van der Waals surface area contributed by atoms with Crippen LogP contribution < -0.4 is 10.9 Å². The van der Waals surface area contributed by atoms with Crippen molar-refractivity contribution >= 4 is 51.7 Å². The molecule has 2 aliphatic heterocycles. The van der Waals surface area contributed by atoms with Gasteiger partial charge in [0, 0.05) is 39.6 Å². The molecule has 32 heavy (non-hydrogen) atoms. The number of ether oxygens (including phenoxy) is 2. The number of fused-ring (bicyclic) bond motifs is 1. The average Bonchev–Trinajstić information content (AvgIpc) is 3.39. The van der Waals surface area contributed by atoms with E-state index >= 15 is 0 Å². The maximum atomic E-state index is 13.4. The molecule has 0 saturated carbocycles. The van der Waals surface area contributed by atoms with Gasteiger partial charge in [-0.1, -0.05) is 30.0 Å². The van der Waals surface area contributed by atoms with E-state index in [0.717, 1.165) is 25.0 Å². The minimum absolute atomic E-state index is 0.0824. The van der Waals surface area contributed by atoms with Crippen molar-refractivity contribution < 1.29 is 14.3 Å². The number of thioether (sulfide) groups is 1. The molecule has 1 N–H and O–H groups in total. The normalized spacial score (nSPS) is 20.1. The van der Waals surface area contributed by atoms with E-state index in [1.54, 1.807) is 24.3 Å². The van der Waals surface area contributed by atoms with Crippen LogP contribution in [0.5, 0.6) is 0 Å². The van der Waals surface area contributed by atoms with Gasteiger partial charge >= 0.3 is 0 Å². The average molecular weight is 475 g/mol. The molecule has 4 rings (SSSR count). The fraction of sp³-hybridized carbons (Fsp3) is 0.455. The van der Waals surface area contributed by atoms with E-state index in [0.29, 0.717) is 52.4 Å². The predicted octanol–water partition coefficient (Wildman–Crippen LogP) is 2.83. The third-order valence-corrected chi connectivity index (χ3v) is 6.86. The molecule has 1 amide bonds. The molecule has 0 aliphatic carbocycles. The van der Waals surface area contributed by atoms with Gasteiger partial charge in [0.05, 0.1) is 16.6 Å². The molecule has 170 valence electrons. The van der Waals surface area contributed by atoms with Crippen LogP contribution in [0.3, 0.4) is 0 Å². The van der Waals surface area contributed by atoms with Gasteiger partial charge in [-0.15, -0.1) is 0 Å². The molecule has 0 radical (unpaired) electrons. The smallest absolute Gasteiger partial charge is 0.267 e. The molecule has 0 spiro atoms. The number of aryl methyl sites for hydroxylation is 1. The molecule has 2 aromatic rings. The van der Waals surface area contributed by atoms with Gasteiger partial charge in [-0.05, 0) is 43.9 Å². The number of nitrogens with one attached hydrogen (secondary N) is 1. The van der Waals surface area contributed by atoms with Crippen LogP contribution >= 0.6 is 24.0 Å². The number of carbonyl (C=O) groups is 1. The second-order valence-corrected chi connectivity index (χ2v) is 9.44. The van der Waals surface area contributed by atoms with Crippen molar-refractivity contribution in [1.82, 2.24) is 14.3 Å². The van der Waals surface area contributed by atoms with Gasteiger partial charge in [0.25, 0.3) is 11.5 Å². The second kappa shape index (κ2) is 10.1. The third-order valence-electron chi connectivity index (χ3n) is 5.48. The van der Waals surface area contributed by atoms with Gasteiger partial charge in [-0.25, -0.2) is 4.98 Å². The lowest BCUT2D eigenvalue weighted by Crippen LogP contribution is -2.29. The van der Waals surface area contributed by atoms with E-state index in [9.17, 15) is 9.59 Å². The van der Waals surface area contributed by atoms with Crippen LogP contribution in [0.1, 0.15) is 30.4 Å². The summed E-state index contributed by atoms with van der Waals surface area (Å²) < 4.78 is 12.8. The van der Waals surface area contributed by atoms with Crippen molar-refractivity contribution in [3.8, 4) is 0 Å². The molecule has 4 heterocycles. The highest BCUT2D eigenvalue weighted by atomic mass is 32.2. The van der Waals surface area contributed by atoms with Crippen LogP contribution in [0.15, 0.2) is 28.0 Å². The molecule has 10 heteroatoms. The Morgan fingerprint density at radius 1 is 1.44 bits per heavy atom. The van der Waals surface area contributed by atoms with Gasteiger partial charge < -0.3 is 14.8 Å². The Morgan fingerprint density at radius 2 is 2.28 bits per heavy atom. The lowest BCUT2D eigenvalue weighted by Gasteiger charge is -2.15. The first kappa shape index (κ1) is 22.9. The van der Waals surface area contributed by atoms with Crippen LogP contribution in [-0.2, 0) is 14.3 Å². The zero-order valence-electron chi connectivity index (χ0n) is 18.1. The number of thiocarbonyl (C=S) groups is 1. The second-order valence-electron chi connectivity index (χ2n) is 7.76. The van der Waals surface area contributed by atoms with Crippen LogP contribution in [0.4, 0.5) is 5.82 Å². The maximum Gasteiger partial charge on any atom is 0.267 e. The van der Waals surface area contributed by atoms with Crippen molar-refractivity contribution in [2.24, 2.45) is 0 Å². The monoisotopic (exact) mass is 474 g/mol. The first-order valence-corrected chi connectivity index (χ1v) is 11.8. The number of aromatic nitrogens is 2. The summed E-state index contributed by atoms with van der Waals surface area (Å²) in [5.41, 5.74) is 1.57. The van der Waals surface area contributed by atoms with Crippen molar-refractivity contribution in [2.75, 3.05) is 38.7 Å². The van der Waals surface area contributed by atoms with Crippen LogP contribution in [0, 0.1) is 6.92 Å². The number of methoxy groups -OCH3 is 1. The predicted molar refractivity (Wildman–Crippen MR) is 130 cm³/mol. The highest BCUT2D eigenvalue weighted by molar-refractivity contribution is 8.26. The molecule has 0 aromatic carbocycles. The minimum Gasteiger partial charge on any atom is -0.385 e. The number of amides is 1. The summed E-state index contributed by atoms with van der Waals surface area (Å²) in [6, 6.07) is 3.72. The molecule has 2 aliphatic rings. The van der Waals surface area contributed by atoms with Gasteiger partial charge in [-0.2, -0.15) is 0 Å². The summed E-state index contributed by atoms with van der Waals surface area (Å²) in [6.07, 6.45) is 6.06. The molecule has 2 aromatic heterocycles. The Balaban J connectivity index is 1.70. The van der Waals surface area contributed by atoms with Gasteiger partial charge in [0.1, 0.15) is 15.8 Å². The molecule has 1 unspecified atom stereocenters. The highest BCUT2D eigenvalue weighted by Gasteiger charge is 2.32. The van der Waals surface area contributed by atoms with Crippen LogP contribution in [0.2, 0.25) is 0 Å². The number of pyridine rings is 1. The molecule has 1 atom stereocenters. The maximum absolute atomic E-state index is 13.4. The Kier molecular flexibility index (Phi) is 7.24. The molecule has 2 saturated heterocycles. The summed E-state index contributed by atoms with van der Waals surface area (Å²) in [4.78, 5) is 33.1. The van der Waals surface area contributed by atoms with Gasteiger partial charge in [-0.3, -0.25) is 18.9 Å². The number of rotatable bonds is 8. The topological polar surface area (TPSA) is 85.2 Å². The lowest BCUT2D eigenvalue weighted by molar-refractivity contribution is -0.122. The van der Waals surface area contributed by atoms with E-state index in [1.165, 1.54) is 16.2 Å². The van der Waals surface area contributed by atoms with Crippen LogP contribution in [0.25, 0.3) is 11.7 Å². The Hall–Kier alpha value is -2.27. The van der Waals surface area contributed by atoms with Crippen molar-refractivity contribution in [3.05, 3.63) is 44.7 Å². The van der Waals surface area contributed by atoms with Crippen molar-refractivity contribution in [1.29, 1.82) is 0 Å². The molecule has 8 nitrogen and oxygen atoms in total. The quantitative estimate of drug-likeness (QED) is 0.355. The SMILES string of the molecule is COCCCN1C(=O)/C(=C/c2c(NCC3CCCO3)nc3c(C)cccn3c2=O)SC1=S. The summed E-state index contributed by atoms with van der Waals surface area (Å²) in [7, 11) is 1.62. The fourth-order valence-electron chi connectivity index (χ4n) is 3.78. The third kappa shape index (κ3) is 4.73. The number of nitrogens with zero attached hydrogens (tertiary/aromatic N) is 3. The number of carbonyl (C=O) groups excluding carboxylic acids is 1. The van der Waals surface area contributed by atoms with Crippen molar-refractivity contribution in [2.45, 2.75) is 32.3 Å². The number of hydrogen-bond acceptors (Lipinski definition) is 8. The first-order valence-electron chi connectivity index (χ1n) is 10.6. The fourth-order valence-corrected chi connectivity index (χ4v) is 5.07. The molecular formula is C22H26N4O4S2. The summed E-state index contributed by atoms with van der Waals surface area (Å²) in [5, 5.41) is 3.29. The zero-order valence-corrected chi connectivity index (χ0v) is 19.8. The standard InChI is InChI=1S/C22H26N4O4S2/c1-14-6-3-8-25-19(14)24-18(23-13-15-7-4-11-30-15)16(20(25)27)12-17-21(28)26(22(31)32-17)9-5-10-29-2/h3,6,8,12,15,23H,4-5,7,9-11,13H2,1-2H3/b17-12-. The van der Waals surface area contributed by atoms with E-state index in [-0.39, 0.29) is 17.6 Å². The number of anilines is 1. The lowest BCUT2D eigenvalue weighted by atomic mass is 10.2. The number of hydrogen-bond donors (Lipinski definition) is 1. The Labute approximate surface area is 196 Å². The van der Waals surface area contributed by atoms with Gasteiger partial charge in [0.15, 0.2) is 0 Å². The van der Waals surface area contributed by atoms with E-state index in [1.807, 2.05) is 19.1 Å². The molecule has 2 fully saturated rings. The Bertz CT molecular complexity index is 1120. The van der Waals surface area contributed by atoms with Crippen molar-refractivity contribution in [3.63, 3.8) is 0 Å². The summed E-state index contributed by atoms with van der Waals surface area (Å²) in [5.74, 6) is 0.249. The van der Waals surface area contributed by atoms with E-state index in [4.69, 9.17) is 26.7 Å². The molecular weight excluding hydrogens is 448 g/mol. The highest BCUT2D eigenvalue weighted by Crippen LogP contribution is 2.33. The van der Waals surface area contributed by atoms with Crippen LogP contribution in [-0.4, -0.2) is 64.0 Å². The largest absolute Gasteiger partial charge is 0.385 e. The minimum atomic E-state index is -0.238. The Morgan fingerprint density at radius 3 is 3.03 bits per heavy atom. The van der Waals surface area contributed by atoms with Gasteiger partial charge in [0.2, 0.25) is 0 Å². The summed E-state index contributed by atoms with van der Waals surface area (Å²) >= 11 is 6.60. The van der Waals surface area contributed by atoms with E-state index in [2.05, 4.69) is 5.32 Å². The summed E-state index contributed by atoms with van der Waals surface area (Å²) in [6.45, 7) is 4.23. The molecule has 0 bridgehead atoms. The van der Waals surface area contributed by atoms with E-state index < -0.39 is 0 Å².